The molecule has 1 atom stereocenters. The molecule has 1 aromatic rings. The molecule has 0 spiro atoms. The minimum atomic E-state index is 0.236. The van der Waals surface area contributed by atoms with E-state index in [2.05, 4.69) is 23.4 Å². The average Bonchev–Trinajstić information content (AvgIpc) is 2.26. The Morgan fingerprint density at radius 1 is 1.31 bits per heavy atom. The first-order valence-corrected chi connectivity index (χ1v) is 6.09. The summed E-state index contributed by atoms with van der Waals surface area (Å²) in [5, 5.41) is 0. The van der Waals surface area contributed by atoms with Crippen LogP contribution in [0.1, 0.15) is 55.6 Å². The molecule has 0 aliphatic rings. The van der Waals surface area contributed by atoms with Gasteiger partial charge in [-0.25, -0.2) is 0 Å². The summed E-state index contributed by atoms with van der Waals surface area (Å²) in [4.78, 5) is 4.48. The lowest BCUT2D eigenvalue weighted by Gasteiger charge is -2.18. The Kier molecular flexibility index (Phi) is 5.43. The van der Waals surface area contributed by atoms with Gasteiger partial charge in [-0.3, -0.25) is 16.3 Å². The Bertz CT molecular complexity index is 323. The Hall–Kier alpha value is -0.930. The fraction of sp³-hybridized carbons (Fsp3) is 0.615. The van der Waals surface area contributed by atoms with Gasteiger partial charge in [-0.05, 0) is 31.9 Å². The number of pyridine rings is 1. The van der Waals surface area contributed by atoms with Crippen LogP contribution in [0.2, 0.25) is 0 Å². The first-order chi connectivity index (χ1) is 7.69. The number of aryl methyl sites for hydroxylation is 2. The lowest BCUT2D eigenvalue weighted by Crippen LogP contribution is -2.28. The van der Waals surface area contributed by atoms with Crippen molar-refractivity contribution in [2.75, 3.05) is 0 Å². The number of nitrogens with one attached hydrogen (secondary N) is 1. The zero-order valence-electron chi connectivity index (χ0n) is 10.6. The zero-order chi connectivity index (χ0) is 12.0. The zero-order valence-corrected chi connectivity index (χ0v) is 10.6. The van der Waals surface area contributed by atoms with Crippen LogP contribution < -0.4 is 11.3 Å². The van der Waals surface area contributed by atoms with Crippen LogP contribution in [0.4, 0.5) is 0 Å². The third kappa shape index (κ3) is 3.58. The summed E-state index contributed by atoms with van der Waals surface area (Å²) in [5.41, 5.74) is 6.27. The molecule has 0 aliphatic carbocycles. The molecule has 1 aromatic heterocycles. The summed E-state index contributed by atoms with van der Waals surface area (Å²) in [6.07, 6.45) is 4.79. The highest BCUT2D eigenvalue weighted by Crippen LogP contribution is 2.21. The van der Waals surface area contributed by atoms with Crippen molar-refractivity contribution in [2.24, 2.45) is 5.84 Å². The van der Waals surface area contributed by atoms with Crippen LogP contribution in [0.25, 0.3) is 0 Å². The molecular formula is C13H23N3. The number of hydrazine groups is 1. The van der Waals surface area contributed by atoms with Gasteiger partial charge in [0.05, 0.1) is 0 Å². The van der Waals surface area contributed by atoms with Gasteiger partial charge in [-0.15, -0.1) is 0 Å². The van der Waals surface area contributed by atoms with E-state index in [-0.39, 0.29) is 6.04 Å². The second-order valence-corrected chi connectivity index (χ2v) is 4.34. The summed E-state index contributed by atoms with van der Waals surface area (Å²) < 4.78 is 0. The van der Waals surface area contributed by atoms with Crippen LogP contribution in [-0.2, 0) is 0 Å². The summed E-state index contributed by atoms with van der Waals surface area (Å²) in [6, 6.07) is 4.42. The van der Waals surface area contributed by atoms with E-state index in [4.69, 9.17) is 5.84 Å². The molecule has 3 nitrogen and oxygen atoms in total. The molecule has 0 fully saturated rings. The number of aromatic nitrogens is 1. The van der Waals surface area contributed by atoms with Crippen molar-refractivity contribution in [1.82, 2.24) is 10.4 Å². The van der Waals surface area contributed by atoms with Gasteiger partial charge in [0.15, 0.2) is 0 Å². The van der Waals surface area contributed by atoms with Gasteiger partial charge in [0.25, 0.3) is 0 Å². The molecule has 3 heteroatoms. The Morgan fingerprint density at radius 2 is 2.06 bits per heavy atom. The minimum Gasteiger partial charge on any atom is -0.271 e. The van der Waals surface area contributed by atoms with Crippen LogP contribution >= 0.6 is 0 Å². The normalized spacial score (nSPS) is 12.8. The Labute approximate surface area is 98.4 Å². The van der Waals surface area contributed by atoms with E-state index in [0.717, 1.165) is 17.8 Å². The third-order valence-electron chi connectivity index (χ3n) is 2.94. The number of hydrogen-bond acceptors (Lipinski definition) is 3. The van der Waals surface area contributed by atoms with E-state index in [1.807, 2.05) is 19.9 Å². The average molecular weight is 221 g/mol. The van der Waals surface area contributed by atoms with Crippen LogP contribution in [0.15, 0.2) is 12.1 Å². The largest absolute Gasteiger partial charge is 0.271 e. The van der Waals surface area contributed by atoms with Crippen LogP contribution in [0, 0.1) is 13.8 Å². The fourth-order valence-electron chi connectivity index (χ4n) is 1.99. The van der Waals surface area contributed by atoms with Crippen molar-refractivity contribution in [2.45, 2.75) is 52.5 Å². The van der Waals surface area contributed by atoms with Crippen LogP contribution in [0.3, 0.4) is 0 Å². The highest BCUT2D eigenvalue weighted by Gasteiger charge is 2.12. The molecule has 16 heavy (non-hydrogen) atoms. The summed E-state index contributed by atoms with van der Waals surface area (Å²) in [6.45, 7) is 6.27. The van der Waals surface area contributed by atoms with Crippen molar-refractivity contribution in [3.63, 3.8) is 0 Å². The molecule has 1 unspecified atom stereocenters. The Morgan fingerprint density at radius 3 is 2.62 bits per heavy atom. The number of nitrogens with two attached hydrogens (primary N) is 1. The van der Waals surface area contributed by atoms with Gasteiger partial charge in [-0.2, -0.15) is 0 Å². The molecule has 0 bridgehead atoms. The maximum absolute atomic E-state index is 5.62. The van der Waals surface area contributed by atoms with Gasteiger partial charge in [0.1, 0.15) is 0 Å². The van der Waals surface area contributed by atoms with Crippen molar-refractivity contribution in [3.8, 4) is 0 Å². The lowest BCUT2D eigenvalue weighted by atomic mass is 9.99. The van der Waals surface area contributed by atoms with Gasteiger partial charge in [0, 0.05) is 17.4 Å². The molecule has 0 saturated heterocycles. The van der Waals surface area contributed by atoms with E-state index in [1.54, 1.807) is 0 Å². The van der Waals surface area contributed by atoms with Crippen molar-refractivity contribution in [3.05, 3.63) is 29.1 Å². The molecule has 1 rings (SSSR count). The smallest absolute Gasteiger partial charge is 0.0477 e. The van der Waals surface area contributed by atoms with Crippen LogP contribution in [-0.4, -0.2) is 4.98 Å². The van der Waals surface area contributed by atoms with E-state index < -0.39 is 0 Å². The topological polar surface area (TPSA) is 50.9 Å². The molecule has 0 aliphatic heterocycles. The molecule has 3 N–H and O–H groups in total. The van der Waals surface area contributed by atoms with Gasteiger partial charge in [0.2, 0.25) is 0 Å². The maximum Gasteiger partial charge on any atom is 0.0477 e. The van der Waals surface area contributed by atoms with Gasteiger partial charge in [-0.1, -0.05) is 32.3 Å². The monoisotopic (exact) mass is 221 g/mol. The number of hydrogen-bond donors (Lipinski definition) is 2. The third-order valence-corrected chi connectivity index (χ3v) is 2.94. The number of unbranched alkanes of at least 4 members (excludes halogenated alkanes) is 2. The van der Waals surface area contributed by atoms with E-state index in [9.17, 15) is 0 Å². The summed E-state index contributed by atoms with van der Waals surface area (Å²) in [7, 11) is 0. The van der Waals surface area contributed by atoms with E-state index >= 15 is 0 Å². The molecule has 1 heterocycles. The van der Waals surface area contributed by atoms with Gasteiger partial charge < -0.3 is 0 Å². The molecule has 0 amide bonds. The summed E-state index contributed by atoms with van der Waals surface area (Å²) >= 11 is 0. The van der Waals surface area contributed by atoms with Gasteiger partial charge >= 0.3 is 0 Å². The van der Waals surface area contributed by atoms with Crippen molar-refractivity contribution >= 4 is 0 Å². The lowest BCUT2D eigenvalue weighted by molar-refractivity contribution is 0.483. The summed E-state index contributed by atoms with van der Waals surface area (Å²) in [5.74, 6) is 5.62. The quantitative estimate of drug-likeness (QED) is 0.441. The minimum absolute atomic E-state index is 0.236. The highest BCUT2D eigenvalue weighted by atomic mass is 15.2. The first-order valence-electron chi connectivity index (χ1n) is 6.09. The van der Waals surface area contributed by atoms with Crippen molar-refractivity contribution < 1.29 is 0 Å². The second-order valence-electron chi connectivity index (χ2n) is 4.34. The first kappa shape index (κ1) is 13.1. The van der Waals surface area contributed by atoms with E-state index in [1.165, 1.54) is 24.8 Å². The van der Waals surface area contributed by atoms with Crippen molar-refractivity contribution in [1.29, 1.82) is 0 Å². The molecule has 90 valence electrons. The molecular weight excluding hydrogens is 198 g/mol. The SMILES string of the molecule is CCCCCC(NN)c1ccc(C)nc1C. The fourth-order valence-corrected chi connectivity index (χ4v) is 1.99. The second kappa shape index (κ2) is 6.61. The molecule has 0 radical (unpaired) electrons. The number of rotatable bonds is 6. The Balaban J connectivity index is 2.70. The molecule has 0 aromatic carbocycles. The number of nitrogens with zero attached hydrogens (tertiary/aromatic N) is 1. The maximum atomic E-state index is 5.62. The van der Waals surface area contributed by atoms with Crippen LogP contribution in [0.5, 0.6) is 0 Å². The standard InChI is InChI=1S/C13H23N3/c1-4-5-6-7-13(16-14)12-9-8-10(2)15-11(12)3/h8-9,13,16H,4-7,14H2,1-3H3. The predicted molar refractivity (Wildman–Crippen MR) is 67.9 cm³/mol. The highest BCUT2D eigenvalue weighted by molar-refractivity contribution is 5.24. The van der Waals surface area contributed by atoms with E-state index in [0.29, 0.717) is 0 Å². The predicted octanol–water partition coefficient (Wildman–Crippen LogP) is 2.78. The molecule has 0 saturated carbocycles.